The molecule has 0 aromatic heterocycles. The van der Waals surface area contributed by atoms with Gasteiger partial charge in [-0.05, 0) is 42.7 Å². The SMILES string of the molecule is CN(C)c1ccc([P@](=O)(OC2CCCCC2)[C@@H](O)c2ccccc2)cc1. The van der Waals surface area contributed by atoms with Gasteiger partial charge in [0.25, 0.3) is 7.37 Å². The summed E-state index contributed by atoms with van der Waals surface area (Å²) in [4.78, 5) is 1.99. The summed E-state index contributed by atoms with van der Waals surface area (Å²) < 4.78 is 20.2. The molecule has 0 amide bonds. The number of hydrogen-bond acceptors (Lipinski definition) is 4. The van der Waals surface area contributed by atoms with Crippen molar-refractivity contribution >= 4 is 18.4 Å². The van der Waals surface area contributed by atoms with E-state index in [0.29, 0.717) is 10.9 Å². The highest BCUT2D eigenvalue weighted by Gasteiger charge is 2.38. The van der Waals surface area contributed by atoms with E-state index in [-0.39, 0.29) is 6.10 Å². The molecule has 4 nitrogen and oxygen atoms in total. The molecule has 26 heavy (non-hydrogen) atoms. The van der Waals surface area contributed by atoms with Gasteiger partial charge in [-0.25, -0.2) is 0 Å². The van der Waals surface area contributed by atoms with Gasteiger partial charge in [0.15, 0.2) is 5.85 Å². The lowest BCUT2D eigenvalue weighted by molar-refractivity contribution is 0.137. The molecule has 140 valence electrons. The zero-order valence-electron chi connectivity index (χ0n) is 15.5. The smallest absolute Gasteiger partial charge is 0.264 e. The van der Waals surface area contributed by atoms with E-state index >= 15 is 0 Å². The number of aliphatic hydroxyl groups excluding tert-OH is 1. The fourth-order valence-electron chi connectivity index (χ4n) is 3.43. The van der Waals surface area contributed by atoms with E-state index in [1.165, 1.54) is 6.42 Å². The maximum absolute atomic E-state index is 14.0. The zero-order chi connectivity index (χ0) is 18.6. The molecule has 1 saturated carbocycles. The molecular weight excluding hydrogens is 345 g/mol. The van der Waals surface area contributed by atoms with Gasteiger partial charge in [0.2, 0.25) is 0 Å². The Balaban J connectivity index is 1.96. The maximum atomic E-state index is 14.0. The van der Waals surface area contributed by atoms with Crippen LogP contribution < -0.4 is 10.2 Å². The molecule has 1 aliphatic rings. The van der Waals surface area contributed by atoms with Gasteiger partial charge < -0.3 is 14.5 Å². The van der Waals surface area contributed by atoms with Crippen LogP contribution in [0, 0.1) is 0 Å². The van der Waals surface area contributed by atoms with Gasteiger partial charge in [-0.2, -0.15) is 0 Å². The normalized spacial score (nSPS) is 18.9. The zero-order valence-corrected chi connectivity index (χ0v) is 16.4. The van der Waals surface area contributed by atoms with Gasteiger partial charge in [-0.1, -0.05) is 49.6 Å². The molecule has 0 spiro atoms. The Labute approximate surface area is 156 Å². The van der Waals surface area contributed by atoms with Crippen LogP contribution in [0.4, 0.5) is 5.69 Å². The lowest BCUT2D eigenvalue weighted by Crippen LogP contribution is -2.22. The van der Waals surface area contributed by atoms with Gasteiger partial charge in [0.05, 0.1) is 6.10 Å². The fourth-order valence-corrected chi connectivity index (χ4v) is 5.73. The van der Waals surface area contributed by atoms with Crippen LogP contribution in [0.2, 0.25) is 0 Å². The van der Waals surface area contributed by atoms with Gasteiger partial charge >= 0.3 is 0 Å². The third kappa shape index (κ3) is 4.20. The molecule has 2 atom stereocenters. The number of hydrogen-bond donors (Lipinski definition) is 1. The third-order valence-corrected chi connectivity index (χ3v) is 7.57. The molecule has 0 saturated heterocycles. The summed E-state index contributed by atoms with van der Waals surface area (Å²) in [5.41, 5.74) is 1.65. The molecule has 1 fully saturated rings. The first-order valence-electron chi connectivity index (χ1n) is 9.30. The average Bonchev–Trinajstić information content (AvgIpc) is 2.69. The number of anilines is 1. The van der Waals surface area contributed by atoms with Gasteiger partial charge in [-0.15, -0.1) is 0 Å². The fraction of sp³-hybridized carbons (Fsp3) is 0.429. The summed E-state index contributed by atoms with van der Waals surface area (Å²) in [6.07, 6.45) is 5.13. The highest BCUT2D eigenvalue weighted by molar-refractivity contribution is 7.67. The van der Waals surface area contributed by atoms with Crippen molar-refractivity contribution in [2.24, 2.45) is 0 Å². The number of benzene rings is 2. The van der Waals surface area contributed by atoms with E-state index in [1.54, 1.807) is 12.1 Å². The second-order valence-electron chi connectivity index (χ2n) is 7.16. The molecule has 0 bridgehead atoms. The number of rotatable bonds is 6. The minimum Gasteiger partial charge on any atom is -0.378 e. The largest absolute Gasteiger partial charge is 0.378 e. The molecule has 3 rings (SSSR count). The van der Waals surface area contributed by atoms with Crippen molar-refractivity contribution in [1.82, 2.24) is 0 Å². The van der Waals surface area contributed by atoms with Crippen LogP contribution >= 0.6 is 7.37 Å². The summed E-state index contributed by atoms with van der Waals surface area (Å²) >= 11 is 0. The van der Waals surface area contributed by atoms with Crippen molar-refractivity contribution in [2.75, 3.05) is 19.0 Å². The molecule has 0 unspecified atom stereocenters. The summed E-state index contributed by atoms with van der Waals surface area (Å²) in [5, 5.41) is 11.6. The van der Waals surface area contributed by atoms with Crippen molar-refractivity contribution in [3.63, 3.8) is 0 Å². The minimum atomic E-state index is -3.47. The monoisotopic (exact) mass is 373 g/mol. The van der Waals surface area contributed by atoms with Crippen molar-refractivity contribution in [2.45, 2.75) is 44.1 Å². The first kappa shape index (κ1) is 19.2. The Morgan fingerprint density at radius 2 is 1.62 bits per heavy atom. The summed E-state index contributed by atoms with van der Waals surface area (Å²) in [6.45, 7) is 0. The highest BCUT2D eigenvalue weighted by atomic mass is 31.2. The van der Waals surface area contributed by atoms with Gasteiger partial charge in [0.1, 0.15) is 0 Å². The quantitative estimate of drug-likeness (QED) is 0.746. The van der Waals surface area contributed by atoms with Crippen LogP contribution in [0.1, 0.15) is 43.5 Å². The Hall–Kier alpha value is -1.61. The maximum Gasteiger partial charge on any atom is 0.264 e. The van der Waals surface area contributed by atoms with Crippen LogP contribution in [-0.4, -0.2) is 25.3 Å². The first-order chi connectivity index (χ1) is 12.5. The Morgan fingerprint density at radius 3 is 2.19 bits per heavy atom. The van der Waals surface area contributed by atoms with Crippen molar-refractivity contribution in [1.29, 1.82) is 0 Å². The Bertz CT molecular complexity index is 740. The lowest BCUT2D eigenvalue weighted by Gasteiger charge is -2.31. The highest BCUT2D eigenvalue weighted by Crippen LogP contribution is 2.59. The van der Waals surface area contributed by atoms with Crippen molar-refractivity contribution in [3.05, 3.63) is 60.2 Å². The summed E-state index contributed by atoms with van der Waals surface area (Å²) in [7, 11) is 0.462. The van der Waals surface area contributed by atoms with Crippen LogP contribution in [-0.2, 0) is 9.09 Å². The molecule has 0 radical (unpaired) electrons. The second-order valence-corrected chi connectivity index (χ2v) is 9.57. The number of aliphatic hydroxyl groups is 1. The molecule has 1 N–H and O–H groups in total. The molecule has 1 aliphatic carbocycles. The van der Waals surface area contributed by atoms with Gasteiger partial charge in [-0.3, -0.25) is 4.57 Å². The molecule has 0 heterocycles. The van der Waals surface area contributed by atoms with Crippen LogP contribution in [0.15, 0.2) is 54.6 Å². The second kappa shape index (κ2) is 8.39. The summed E-state index contributed by atoms with van der Waals surface area (Å²) in [5.74, 6) is -1.16. The Morgan fingerprint density at radius 1 is 1.00 bits per heavy atom. The van der Waals surface area contributed by atoms with Gasteiger partial charge in [0, 0.05) is 25.1 Å². The van der Waals surface area contributed by atoms with Crippen LogP contribution in [0.5, 0.6) is 0 Å². The average molecular weight is 373 g/mol. The number of nitrogens with zero attached hydrogens (tertiary/aromatic N) is 1. The molecule has 5 heteroatoms. The molecular formula is C21H28NO3P. The standard InChI is InChI=1S/C21H28NO3P/c1-22(2)18-13-15-20(16-14-18)26(24,25-19-11-7-4-8-12-19)21(23)17-9-5-3-6-10-17/h3,5-6,9-10,13-16,19,21,23H,4,7-8,11-12H2,1-2H3/t21-,26+/m1/s1. The van der Waals surface area contributed by atoms with Crippen molar-refractivity contribution in [3.8, 4) is 0 Å². The minimum absolute atomic E-state index is 0.0542. The van der Waals surface area contributed by atoms with E-state index < -0.39 is 13.2 Å². The van der Waals surface area contributed by atoms with E-state index in [9.17, 15) is 9.67 Å². The topological polar surface area (TPSA) is 49.8 Å². The van der Waals surface area contributed by atoms with E-state index in [4.69, 9.17) is 4.52 Å². The van der Waals surface area contributed by atoms with Crippen LogP contribution in [0.3, 0.4) is 0 Å². The summed E-state index contributed by atoms with van der Waals surface area (Å²) in [6, 6.07) is 16.7. The van der Waals surface area contributed by atoms with E-state index in [0.717, 1.165) is 31.4 Å². The van der Waals surface area contributed by atoms with E-state index in [1.807, 2.05) is 61.5 Å². The molecule has 0 aliphatic heterocycles. The first-order valence-corrected chi connectivity index (χ1v) is 11.0. The predicted molar refractivity (Wildman–Crippen MR) is 107 cm³/mol. The van der Waals surface area contributed by atoms with Crippen molar-refractivity contribution < 1.29 is 14.2 Å². The predicted octanol–water partition coefficient (Wildman–Crippen LogP) is 4.70. The lowest BCUT2D eigenvalue weighted by atomic mass is 9.98. The third-order valence-electron chi connectivity index (χ3n) is 5.00. The van der Waals surface area contributed by atoms with E-state index in [2.05, 4.69) is 0 Å². The van der Waals surface area contributed by atoms with Crippen LogP contribution in [0.25, 0.3) is 0 Å². The Kier molecular flexibility index (Phi) is 6.18. The molecule has 2 aromatic rings. The molecule has 2 aromatic carbocycles.